The lowest BCUT2D eigenvalue weighted by Crippen LogP contribution is -2.32. The van der Waals surface area contributed by atoms with Crippen LogP contribution >= 0.6 is 0 Å². The largest absolute Gasteiger partial charge is 0.493 e. The molecular formula is C18H27N3O. The van der Waals surface area contributed by atoms with Crippen molar-refractivity contribution in [1.29, 1.82) is 0 Å². The van der Waals surface area contributed by atoms with Crippen molar-refractivity contribution in [2.24, 2.45) is 5.92 Å². The van der Waals surface area contributed by atoms with Crippen molar-refractivity contribution in [3.05, 3.63) is 48.0 Å². The number of hydrogen-bond donors (Lipinski definition) is 2. The molecular weight excluding hydrogens is 274 g/mol. The van der Waals surface area contributed by atoms with E-state index in [2.05, 4.69) is 67.2 Å². The van der Waals surface area contributed by atoms with Gasteiger partial charge in [-0.3, -0.25) is 0 Å². The minimum atomic E-state index is 0.0587. The van der Waals surface area contributed by atoms with Crippen LogP contribution in [0.25, 0.3) is 0 Å². The third kappa shape index (κ3) is 4.88. The Labute approximate surface area is 133 Å². The van der Waals surface area contributed by atoms with Crippen LogP contribution in [-0.4, -0.2) is 23.1 Å². The highest BCUT2D eigenvalue weighted by molar-refractivity contribution is 5.31. The van der Waals surface area contributed by atoms with Gasteiger partial charge in [-0.15, -0.1) is 0 Å². The van der Waals surface area contributed by atoms with Gasteiger partial charge in [-0.25, -0.2) is 4.98 Å². The molecule has 1 aromatic carbocycles. The SMILES string of the molecule is CC(C)COc1ccc(C(C)(C)CNCc2ncc[nH]2)cc1. The summed E-state index contributed by atoms with van der Waals surface area (Å²) in [5.74, 6) is 2.45. The zero-order chi connectivity index (χ0) is 16.0. The molecule has 0 fully saturated rings. The van der Waals surface area contributed by atoms with Gasteiger partial charge in [0.2, 0.25) is 0 Å². The highest BCUT2D eigenvalue weighted by Crippen LogP contribution is 2.24. The second-order valence-electron chi connectivity index (χ2n) is 6.75. The molecule has 1 aromatic heterocycles. The molecule has 1 heterocycles. The van der Waals surface area contributed by atoms with Crippen LogP contribution < -0.4 is 10.1 Å². The van der Waals surface area contributed by atoms with Gasteiger partial charge in [0.25, 0.3) is 0 Å². The van der Waals surface area contributed by atoms with Crippen molar-refractivity contribution in [1.82, 2.24) is 15.3 Å². The fourth-order valence-corrected chi connectivity index (χ4v) is 2.26. The summed E-state index contributed by atoms with van der Waals surface area (Å²) in [4.78, 5) is 7.32. The number of aromatic amines is 1. The van der Waals surface area contributed by atoms with Crippen molar-refractivity contribution in [3.63, 3.8) is 0 Å². The van der Waals surface area contributed by atoms with E-state index < -0.39 is 0 Å². The van der Waals surface area contributed by atoms with Gasteiger partial charge in [0.1, 0.15) is 11.6 Å². The van der Waals surface area contributed by atoms with Crippen molar-refractivity contribution < 1.29 is 4.74 Å². The fraction of sp³-hybridized carbons (Fsp3) is 0.500. The number of nitrogens with zero attached hydrogens (tertiary/aromatic N) is 1. The van der Waals surface area contributed by atoms with Crippen LogP contribution in [0.15, 0.2) is 36.7 Å². The molecule has 0 aliphatic heterocycles. The summed E-state index contributed by atoms with van der Waals surface area (Å²) in [5, 5.41) is 3.46. The summed E-state index contributed by atoms with van der Waals surface area (Å²) in [6, 6.07) is 8.44. The molecule has 0 saturated heterocycles. The smallest absolute Gasteiger partial charge is 0.120 e. The number of H-pyrrole nitrogens is 1. The zero-order valence-corrected chi connectivity index (χ0v) is 14.0. The number of nitrogens with one attached hydrogen (secondary N) is 2. The van der Waals surface area contributed by atoms with E-state index in [1.165, 1.54) is 5.56 Å². The van der Waals surface area contributed by atoms with Crippen LogP contribution in [0, 0.1) is 5.92 Å². The van der Waals surface area contributed by atoms with E-state index in [-0.39, 0.29) is 5.41 Å². The van der Waals surface area contributed by atoms with E-state index in [9.17, 15) is 0 Å². The normalized spacial score (nSPS) is 11.9. The van der Waals surface area contributed by atoms with Crippen LogP contribution in [0.3, 0.4) is 0 Å². The highest BCUT2D eigenvalue weighted by Gasteiger charge is 2.20. The second-order valence-corrected chi connectivity index (χ2v) is 6.75. The maximum absolute atomic E-state index is 5.74. The minimum absolute atomic E-state index is 0.0587. The van der Waals surface area contributed by atoms with Crippen molar-refractivity contribution in [2.45, 2.75) is 39.7 Å². The maximum Gasteiger partial charge on any atom is 0.120 e. The lowest BCUT2D eigenvalue weighted by Gasteiger charge is -2.26. The van der Waals surface area contributed by atoms with Gasteiger partial charge in [0.15, 0.2) is 0 Å². The quantitative estimate of drug-likeness (QED) is 0.784. The molecule has 0 bridgehead atoms. The van der Waals surface area contributed by atoms with E-state index in [0.29, 0.717) is 5.92 Å². The van der Waals surface area contributed by atoms with Crippen LogP contribution in [0.4, 0.5) is 0 Å². The summed E-state index contributed by atoms with van der Waals surface area (Å²) in [7, 11) is 0. The van der Waals surface area contributed by atoms with Crippen molar-refractivity contribution in [3.8, 4) is 5.75 Å². The topological polar surface area (TPSA) is 49.9 Å². The number of ether oxygens (including phenoxy) is 1. The molecule has 0 amide bonds. The van der Waals surface area contributed by atoms with Crippen molar-refractivity contribution >= 4 is 0 Å². The lowest BCUT2D eigenvalue weighted by atomic mass is 9.84. The Hall–Kier alpha value is -1.81. The molecule has 4 nitrogen and oxygen atoms in total. The molecule has 120 valence electrons. The Balaban J connectivity index is 1.88. The van der Waals surface area contributed by atoms with Crippen LogP contribution in [0.5, 0.6) is 5.75 Å². The first-order valence-electron chi connectivity index (χ1n) is 7.90. The predicted molar refractivity (Wildman–Crippen MR) is 90.1 cm³/mol. The molecule has 2 aromatic rings. The average Bonchev–Trinajstić information content (AvgIpc) is 2.98. The van der Waals surface area contributed by atoms with Crippen molar-refractivity contribution in [2.75, 3.05) is 13.2 Å². The Morgan fingerprint density at radius 3 is 2.55 bits per heavy atom. The van der Waals surface area contributed by atoms with Gasteiger partial charge in [-0.05, 0) is 23.6 Å². The molecule has 0 aliphatic rings. The summed E-state index contributed by atoms with van der Waals surface area (Å²) in [6.07, 6.45) is 3.62. The molecule has 0 unspecified atom stereocenters. The molecule has 0 aliphatic carbocycles. The highest BCUT2D eigenvalue weighted by atomic mass is 16.5. The summed E-state index contributed by atoms with van der Waals surface area (Å²) in [6.45, 7) is 11.2. The Morgan fingerprint density at radius 1 is 1.23 bits per heavy atom. The fourth-order valence-electron chi connectivity index (χ4n) is 2.26. The van der Waals surface area contributed by atoms with E-state index in [4.69, 9.17) is 4.74 Å². The molecule has 2 rings (SSSR count). The summed E-state index contributed by atoms with van der Waals surface area (Å²) < 4.78 is 5.74. The summed E-state index contributed by atoms with van der Waals surface area (Å²) >= 11 is 0. The number of benzene rings is 1. The van der Waals surface area contributed by atoms with E-state index in [0.717, 1.165) is 31.3 Å². The van der Waals surface area contributed by atoms with E-state index in [1.807, 2.05) is 6.20 Å². The molecule has 0 atom stereocenters. The standard InChI is InChI=1S/C18H27N3O/c1-14(2)12-22-16-7-5-15(6-8-16)18(3,4)13-19-11-17-20-9-10-21-17/h5-10,14,19H,11-13H2,1-4H3,(H,20,21). The minimum Gasteiger partial charge on any atom is -0.493 e. The molecule has 0 spiro atoms. The third-order valence-electron chi connectivity index (χ3n) is 3.63. The van der Waals surface area contributed by atoms with Crippen LogP contribution in [0.2, 0.25) is 0 Å². The van der Waals surface area contributed by atoms with E-state index in [1.54, 1.807) is 6.20 Å². The van der Waals surface area contributed by atoms with Gasteiger partial charge in [0, 0.05) is 24.4 Å². The predicted octanol–water partition coefficient (Wildman–Crippen LogP) is 3.51. The average molecular weight is 301 g/mol. The molecule has 22 heavy (non-hydrogen) atoms. The summed E-state index contributed by atoms with van der Waals surface area (Å²) in [5.41, 5.74) is 1.36. The Bertz CT molecular complexity index is 544. The first kappa shape index (κ1) is 16.6. The van der Waals surface area contributed by atoms with Gasteiger partial charge in [-0.2, -0.15) is 0 Å². The number of aromatic nitrogens is 2. The zero-order valence-electron chi connectivity index (χ0n) is 14.0. The molecule has 4 heteroatoms. The second kappa shape index (κ2) is 7.45. The Morgan fingerprint density at radius 2 is 1.95 bits per heavy atom. The van der Waals surface area contributed by atoms with Gasteiger partial charge in [-0.1, -0.05) is 39.8 Å². The Kier molecular flexibility index (Phi) is 5.61. The van der Waals surface area contributed by atoms with Gasteiger partial charge >= 0.3 is 0 Å². The lowest BCUT2D eigenvalue weighted by molar-refractivity contribution is 0.271. The third-order valence-corrected chi connectivity index (χ3v) is 3.63. The number of rotatable bonds is 8. The molecule has 2 N–H and O–H groups in total. The molecule has 0 saturated carbocycles. The van der Waals surface area contributed by atoms with Gasteiger partial charge < -0.3 is 15.0 Å². The van der Waals surface area contributed by atoms with Crippen LogP contribution in [0.1, 0.15) is 39.1 Å². The van der Waals surface area contributed by atoms with E-state index >= 15 is 0 Å². The molecule has 0 radical (unpaired) electrons. The maximum atomic E-state index is 5.74. The number of imidazole rings is 1. The van der Waals surface area contributed by atoms with Crippen LogP contribution in [-0.2, 0) is 12.0 Å². The first-order chi connectivity index (χ1) is 10.5. The monoisotopic (exact) mass is 301 g/mol. The first-order valence-corrected chi connectivity index (χ1v) is 7.90. The number of hydrogen-bond acceptors (Lipinski definition) is 3. The van der Waals surface area contributed by atoms with Gasteiger partial charge in [0.05, 0.1) is 13.2 Å².